The molecule has 0 saturated carbocycles. The Labute approximate surface area is 470 Å². The lowest BCUT2D eigenvalue weighted by Gasteiger charge is -2.31. The summed E-state index contributed by atoms with van der Waals surface area (Å²) in [5.41, 5.74) is -5.37. The minimum Gasteiger partial charge on any atom is -0.477 e. The zero-order chi connectivity index (χ0) is 59.9. The number of aryl methyl sites for hydroxylation is 2. The minimum absolute atomic E-state index is 0.0712. The van der Waals surface area contributed by atoms with E-state index in [0.29, 0.717) is 54.5 Å². The standard InChI is InChI=1S/C30H35F3N4O5.C28H31F3N4O5/c1-7-9-13-17-39-24-20(3)18-22(34-27(38)42-28(4,5)6)23(35-24)25-36-37-26(41-25)29(16-8-2,30(31,32)33)40-19-21-14-11-10-12-15-21;1-18-16-20(32-25(36)40-26(2,3)4)21-23-34-35-24(39-23)27(28(29,30)31,38-17-19-12-8-7-9-13-19)14-10-5-6-11-15-37-22(18)33-21/h7-8,10-12,14-15,18H,1-2,9,13,16-17,19H2,3-6H3,(H,34,38);5,7-10,12-13,16H,6,11,14-15,17H2,1-4H3,(H,32,36)/t29-;27-/m11/s1. The van der Waals surface area contributed by atoms with Gasteiger partial charge in [-0.05, 0) is 104 Å². The molecule has 0 aliphatic carbocycles. The Hall–Kier alpha value is -8.12. The second-order valence-electron chi connectivity index (χ2n) is 20.7. The fourth-order valence-electron chi connectivity index (χ4n) is 7.75. The van der Waals surface area contributed by atoms with Gasteiger partial charge in [0.1, 0.15) is 11.2 Å². The second-order valence-corrected chi connectivity index (χ2v) is 20.7. The van der Waals surface area contributed by atoms with Crippen molar-refractivity contribution < 1.29 is 73.2 Å². The average molecular weight is 1150 g/mol. The van der Waals surface area contributed by atoms with Crippen molar-refractivity contribution in [3.63, 3.8) is 0 Å². The number of hydrogen-bond donors (Lipinski definition) is 2. The fourth-order valence-corrected chi connectivity index (χ4v) is 7.75. The third kappa shape index (κ3) is 16.7. The van der Waals surface area contributed by atoms with Gasteiger partial charge in [-0.3, -0.25) is 10.6 Å². The van der Waals surface area contributed by atoms with Gasteiger partial charge in [-0.2, -0.15) is 26.3 Å². The first-order chi connectivity index (χ1) is 38.7. The molecule has 2 atom stereocenters. The lowest BCUT2D eigenvalue weighted by molar-refractivity contribution is -0.296. The van der Waals surface area contributed by atoms with E-state index in [0.717, 1.165) is 6.08 Å². The molecule has 2 aromatic carbocycles. The zero-order valence-electron chi connectivity index (χ0n) is 46.8. The third-order valence-electron chi connectivity index (χ3n) is 11.7. The van der Waals surface area contributed by atoms with Crippen molar-refractivity contribution in [1.82, 2.24) is 30.4 Å². The summed E-state index contributed by atoms with van der Waals surface area (Å²) < 4.78 is 133. The summed E-state index contributed by atoms with van der Waals surface area (Å²) in [5.74, 6) is -2.00. The number of rotatable bonds is 17. The molecule has 2 amide bonds. The number of hydrogen-bond acceptors (Lipinski definition) is 16. The molecule has 2 N–H and O–H groups in total. The Morgan fingerprint density at radius 2 is 1.29 bits per heavy atom. The molecule has 24 heteroatoms. The van der Waals surface area contributed by atoms with Crippen LogP contribution in [-0.2, 0) is 43.4 Å². The van der Waals surface area contributed by atoms with Crippen LogP contribution in [0.5, 0.6) is 11.8 Å². The summed E-state index contributed by atoms with van der Waals surface area (Å²) in [6.45, 7) is 20.6. The first-order valence-electron chi connectivity index (χ1n) is 26.0. The largest absolute Gasteiger partial charge is 0.477 e. The van der Waals surface area contributed by atoms with E-state index in [4.69, 9.17) is 37.3 Å². The highest BCUT2D eigenvalue weighted by atomic mass is 19.4. The number of halogens is 6. The van der Waals surface area contributed by atoms with Crippen molar-refractivity contribution in [2.75, 3.05) is 23.8 Å². The summed E-state index contributed by atoms with van der Waals surface area (Å²) in [5, 5.41) is 20.4. The number of anilines is 2. The first-order valence-corrected chi connectivity index (χ1v) is 26.0. The maximum absolute atomic E-state index is 14.8. The molecule has 1 aliphatic heterocycles. The van der Waals surface area contributed by atoms with Crippen molar-refractivity contribution in [1.29, 1.82) is 0 Å². The van der Waals surface area contributed by atoms with Crippen molar-refractivity contribution >= 4 is 23.6 Å². The number of benzene rings is 2. The van der Waals surface area contributed by atoms with Crippen molar-refractivity contribution in [3.8, 4) is 34.9 Å². The SMILES string of the molecule is C=CCCCOc1nc(-c2nnc([C@@](CC=C)(OCc3ccccc3)C(F)(F)F)o2)c(NC(=O)OC(C)(C)C)cc1C.Cc1cc(NC(=O)OC(C)(C)C)c2nc1OCCCC=CC[C@](OCc1ccccc1)(C(F)(F)F)c1nnc-2o1. The van der Waals surface area contributed by atoms with Crippen LogP contribution in [0.2, 0.25) is 0 Å². The lowest BCUT2D eigenvalue weighted by Crippen LogP contribution is -2.45. The molecule has 0 saturated heterocycles. The van der Waals surface area contributed by atoms with Gasteiger partial charge in [0.15, 0.2) is 11.4 Å². The minimum atomic E-state index is -4.96. The molecule has 4 aromatic heterocycles. The number of amides is 2. The predicted molar refractivity (Wildman–Crippen MR) is 290 cm³/mol. The highest BCUT2D eigenvalue weighted by molar-refractivity contribution is 5.90. The molecule has 4 bridgehead atoms. The Morgan fingerprint density at radius 3 is 1.87 bits per heavy atom. The van der Waals surface area contributed by atoms with Gasteiger partial charge in [0, 0.05) is 24.0 Å². The molecule has 0 unspecified atom stereocenters. The summed E-state index contributed by atoms with van der Waals surface area (Å²) in [4.78, 5) is 34.0. The highest BCUT2D eigenvalue weighted by Crippen LogP contribution is 2.48. The molecule has 0 radical (unpaired) electrons. The van der Waals surface area contributed by atoms with Crippen molar-refractivity contribution in [2.24, 2.45) is 0 Å². The third-order valence-corrected chi connectivity index (χ3v) is 11.7. The van der Waals surface area contributed by atoms with Crippen LogP contribution in [0.3, 0.4) is 0 Å². The first kappa shape index (κ1) is 63.1. The van der Waals surface area contributed by atoms with E-state index in [2.05, 4.69) is 54.2 Å². The smallest absolute Gasteiger partial charge is 0.426 e. The number of unbranched alkanes of at least 4 members (excludes halogenated alkanes) is 1. The zero-order valence-corrected chi connectivity index (χ0v) is 46.8. The monoisotopic (exact) mass is 1150 g/mol. The van der Waals surface area contributed by atoms with Gasteiger partial charge in [-0.15, -0.1) is 33.6 Å². The second kappa shape index (κ2) is 27.1. The molecule has 6 aromatic rings. The molecule has 7 rings (SSSR count). The van der Waals surface area contributed by atoms with E-state index in [1.807, 2.05) is 0 Å². The fraction of sp³-hybridized carbons (Fsp3) is 0.414. The van der Waals surface area contributed by atoms with Crippen LogP contribution in [0.4, 0.5) is 47.3 Å². The van der Waals surface area contributed by atoms with E-state index < -0.39 is 77.5 Å². The highest BCUT2D eigenvalue weighted by Gasteiger charge is 2.62. The number of nitrogens with zero attached hydrogens (tertiary/aromatic N) is 6. The molecule has 5 heterocycles. The van der Waals surface area contributed by atoms with Crippen molar-refractivity contribution in [2.45, 2.75) is 142 Å². The van der Waals surface area contributed by atoms with Crippen LogP contribution in [0.15, 0.2) is 119 Å². The lowest BCUT2D eigenvalue weighted by atomic mass is 9.97. The number of carbonyl (C=O) groups excluding carboxylic acids is 2. The Bertz CT molecular complexity index is 3140. The number of pyridine rings is 2. The van der Waals surface area contributed by atoms with E-state index in [9.17, 15) is 35.9 Å². The molecular weight excluding hydrogens is 1080 g/mol. The van der Waals surface area contributed by atoms with Gasteiger partial charge in [0.25, 0.3) is 23.6 Å². The van der Waals surface area contributed by atoms with Gasteiger partial charge >= 0.3 is 24.5 Å². The molecular formula is C58H66F6N8O10. The van der Waals surface area contributed by atoms with Gasteiger partial charge < -0.3 is 37.3 Å². The van der Waals surface area contributed by atoms with Gasteiger partial charge in [0.2, 0.25) is 23.0 Å². The van der Waals surface area contributed by atoms with Crippen molar-refractivity contribution in [3.05, 3.63) is 144 Å². The summed E-state index contributed by atoms with van der Waals surface area (Å²) in [6.07, 6.45) is -4.56. The summed E-state index contributed by atoms with van der Waals surface area (Å²) in [7, 11) is 0. The molecule has 18 nitrogen and oxygen atoms in total. The Kier molecular flexibility index (Phi) is 20.8. The van der Waals surface area contributed by atoms with Crippen LogP contribution in [0.25, 0.3) is 23.2 Å². The molecule has 1 aliphatic rings. The normalized spacial score (nSPS) is 15.5. The molecule has 440 valence electrons. The topological polar surface area (TPSA) is 217 Å². The number of nitrogens with one attached hydrogen (secondary N) is 2. The van der Waals surface area contributed by atoms with E-state index >= 15 is 0 Å². The van der Waals surface area contributed by atoms with Gasteiger partial charge in [-0.25, -0.2) is 19.6 Å². The van der Waals surface area contributed by atoms with E-state index in [1.165, 1.54) is 12.1 Å². The number of allylic oxidation sites excluding steroid dienone is 2. The summed E-state index contributed by atoms with van der Waals surface area (Å²) >= 11 is 0. The Balaban J connectivity index is 0.000000264. The van der Waals surface area contributed by atoms with Gasteiger partial charge in [-0.1, -0.05) is 85.0 Å². The number of ether oxygens (including phenoxy) is 6. The molecule has 82 heavy (non-hydrogen) atoms. The van der Waals surface area contributed by atoms with Crippen LogP contribution in [0.1, 0.15) is 114 Å². The Morgan fingerprint density at radius 1 is 0.720 bits per heavy atom. The van der Waals surface area contributed by atoms with Crippen LogP contribution in [0, 0.1) is 13.8 Å². The number of carbonyl (C=O) groups is 2. The quantitative estimate of drug-likeness (QED) is 0.0493. The number of aromatic nitrogens is 6. The van der Waals surface area contributed by atoms with Gasteiger partial charge in [0.05, 0.1) is 37.8 Å². The van der Waals surface area contributed by atoms with E-state index in [-0.39, 0.29) is 60.2 Å². The molecule has 0 spiro atoms. The van der Waals surface area contributed by atoms with Crippen LogP contribution >= 0.6 is 0 Å². The number of fused-ring (bicyclic) bond motifs is 5. The average Bonchev–Trinajstić information content (AvgIpc) is 3.88. The van der Waals surface area contributed by atoms with Crippen LogP contribution in [-0.4, -0.2) is 79.3 Å². The van der Waals surface area contributed by atoms with Crippen LogP contribution < -0.4 is 20.1 Å². The summed E-state index contributed by atoms with van der Waals surface area (Å²) in [6, 6.07) is 20.0. The maximum Gasteiger partial charge on any atom is 0.426 e. The molecule has 0 fully saturated rings. The predicted octanol–water partition coefficient (Wildman–Crippen LogP) is 14.6. The van der Waals surface area contributed by atoms with E-state index in [1.54, 1.807) is 134 Å². The number of alkyl halides is 6. The maximum atomic E-state index is 14.8.